The highest BCUT2D eigenvalue weighted by Gasteiger charge is 2.36. The summed E-state index contributed by atoms with van der Waals surface area (Å²) in [5.41, 5.74) is 5.34. The molecule has 1 aromatic rings. The van der Waals surface area contributed by atoms with Crippen molar-refractivity contribution in [3.05, 3.63) is 39.9 Å². The molecule has 0 bridgehead atoms. The van der Waals surface area contributed by atoms with Crippen molar-refractivity contribution in [1.82, 2.24) is 4.90 Å². The van der Waals surface area contributed by atoms with Crippen molar-refractivity contribution < 1.29 is 13.3 Å². The minimum absolute atomic E-state index is 0.0545. The second kappa shape index (κ2) is 5.24. The third-order valence-electron chi connectivity index (χ3n) is 3.37. The molecule has 9 heteroatoms. The number of hydrogen-bond donors (Lipinski definition) is 1. The molecular weight excluding hydrogens is 296 g/mol. The lowest BCUT2D eigenvalue weighted by atomic mass is 9.88. The predicted molar refractivity (Wildman–Crippen MR) is 76.2 cm³/mol. The average Bonchev–Trinajstić information content (AvgIpc) is 2.44. The molecule has 1 aliphatic rings. The highest BCUT2D eigenvalue weighted by molar-refractivity contribution is 7.78. The summed E-state index contributed by atoms with van der Waals surface area (Å²) in [6, 6.07) is 6.05. The molecule has 0 saturated heterocycles. The molecule has 21 heavy (non-hydrogen) atoms. The van der Waals surface area contributed by atoms with Gasteiger partial charge in [0.05, 0.1) is 12.0 Å². The SMILES string of the molecule is CN1C(=O)C[C@@](C)(c2cccc(S(=O)[N+](=O)[O-])c2)N=C1N. The summed E-state index contributed by atoms with van der Waals surface area (Å²) in [5, 5.41) is 10.6. The van der Waals surface area contributed by atoms with E-state index in [2.05, 4.69) is 4.99 Å². The number of hydrogen-bond acceptors (Lipinski definition) is 6. The van der Waals surface area contributed by atoms with Crippen LogP contribution in [0.3, 0.4) is 0 Å². The Morgan fingerprint density at radius 3 is 2.76 bits per heavy atom. The van der Waals surface area contributed by atoms with Gasteiger partial charge in [0, 0.05) is 7.05 Å². The molecule has 2 N–H and O–H groups in total. The number of benzene rings is 1. The average molecular weight is 310 g/mol. The number of guanidine groups is 1. The number of amides is 1. The molecule has 0 spiro atoms. The molecule has 0 radical (unpaired) electrons. The van der Waals surface area contributed by atoms with Crippen LogP contribution in [0.1, 0.15) is 18.9 Å². The van der Waals surface area contributed by atoms with Crippen LogP contribution in [0.5, 0.6) is 0 Å². The first kappa shape index (κ1) is 15.1. The summed E-state index contributed by atoms with van der Waals surface area (Å²) in [4.78, 5) is 28.1. The van der Waals surface area contributed by atoms with E-state index < -0.39 is 20.9 Å². The molecule has 0 fully saturated rings. The lowest BCUT2D eigenvalue weighted by molar-refractivity contribution is -0.296. The van der Waals surface area contributed by atoms with Gasteiger partial charge in [0.1, 0.15) is 9.22 Å². The molecule has 2 atom stereocenters. The fourth-order valence-corrected chi connectivity index (χ4v) is 2.70. The fraction of sp³-hybridized carbons (Fsp3) is 0.333. The third-order valence-corrected chi connectivity index (χ3v) is 4.30. The summed E-state index contributed by atoms with van der Waals surface area (Å²) in [7, 11) is -0.819. The van der Waals surface area contributed by atoms with E-state index in [1.54, 1.807) is 19.1 Å². The van der Waals surface area contributed by atoms with E-state index in [9.17, 15) is 19.1 Å². The first-order valence-corrected chi connectivity index (χ1v) is 7.14. The molecule has 1 aromatic carbocycles. The Hall–Kier alpha value is -2.29. The lowest BCUT2D eigenvalue weighted by Gasteiger charge is -2.33. The van der Waals surface area contributed by atoms with Gasteiger partial charge in [0.2, 0.25) is 5.91 Å². The first-order chi connectivity index (χ1) is 9.74. The van der Waals surface area contributed by atoms with Gasteiger partial charge in [-0.1, -0.05) is 12.1 Å². The number of nitrogens with two attached hydrogens (primary N) is 1. The molecule has 0 aromatic heterocycles. The molecule has 2 rings (SSSR count). The molecule has 1 unspecified atom stereocenters. The zero-order chi connectivity index (χ0) is 15.8. The molecule has 112 valence electrons. The zero-order valence-corrected chi connectivity index (χ0v) is 12.3. The quantitative estimate of drug-likeness (QED) is 0.639. The molecule has 0 aliphatic carbocycles. The van der Waals surface area contributed by atoms with Crippen LogP contribution in [0.2, 0.25) is 0 Å². The van der Waals surface area contributed by atoms with Gasteiger partial charge in [-0.05, 0) is 24.6 Å². The van der Waals surface area contributed by atoms with E-state index in [1.807, 2.05) is 0 Å². The molecule has 0 saturated carbocycles. The summed E-state index contributed by atoms with van der Waals surface area (Å²) < 4.78 is 10.7. The van der Waals surface area contributed by atoms with Crippen molar-refractivity contribution in [2.24, 2.45) is 10.7 Å². The second-order valence-corrected chi connectivity index (χ2v) is 6.14. The number of rotatable bonds is 3. The standard InChI is InChI=1S/C12H14N4O4S/c1-12(7-10(17)15(2)11(13)14-12)8-4-3-5-9(6-8)21(20)16(18)19/h3-6H,7H2,1-2H3,(H2,13,14)/t12-,21?/m0/s1. The van der Waals surface area contributed by atoms with E-state index in [0.29, 0.717) is 5.56 Å². The van der Waals surface area contributed by atoms with E-state index in [4.69, 9.17) is 5.73 Å². The Morgan fingerprint density at radius 1 is 1.52 bits per heavy atom. The van der Waals surface area contributed by atoms with Gasteiger partial charge in [-0.2, -0.15) is 4.21 Å². The maximum Gasteiger partial charge on any atom is 0.374 e. The summed E-state index contributed by atoms with van der Waals surface area (Å²) in [6.07, 6.45) is 0.0821. The number of nitro groups is 1. The smallest absolute Gasteiger partial charge is 0.369 e. The second-order valence-electron chi connectivity index (χ2n) is 4.87. The maximum absolute atomic E-state index is 11.9. The lowest BCUT2D eigenvalue weighted by Crippen LogP contribution is -2.47. The van der Waals surface area contributed by atoms with Crippen molar-refractivity contribution in [3.8, 4) is 0 Å². The van der Waals surface area contributed by atoms with Gasteiger partial charge in [0.25, 0.3) is 0 Å². The normalized spacial score (nSPS) is 23.6. The van der Waals surface area contributed by atoms with Crippen molar-refractivity contribution in [1.29, 1.82) is 0 Å². The Morgan fingerprint density at radius 2 is 2.19 bits per heavy atom. The Balaban J connectivity index is 2.47. The van der Waals surface area contributed by atoms with Crippen LogP contribution in [0.4, 0.5) is 0 Å². The van der Waals surface area contributed by atoms with Crippen LogP contribution in [-0.4, -0.2) is 32.4 Å². The molecular formula is C12H14N4O4S. The summed E-state index contributed by atoms with van der Waals surface area (Å²) in [6.45, 7) is 1.71. The van der Waals surface area contributed by atoms with Crippen LogP contribution in [0.15, 0.2) is 34.2 Å². The Labute approximate surface area is 123 Å². The van der Waals surface area contributed by atoms with E-state index >= 15 is 0 Å². The highest BCUT2D eigenvalue weighted by Crippen LogP contribution is 2.33. The first-order valence-electron chi connectivity index (χ1n) is 6.03. The van der Waals surface area contributed by atoms with Gasteiger partial charge in [-0.15, -0.1) is 0 Å². The van der Waals surface area contributed by atoms with Crippen molar-refractivity contribution in [2.75, 3.05) is 7.05 Å². The van der Waals surface area contributed by atoms with E-state index in [-0.39, 0.29) is 23.2 Å². The van der Waals surface area contributed by atoms with Gasteiger partial charge < -0.3 is 5.73 Å². The van der Waals surface area contributed by atoms with Crippen LogP contribution in [0.25, 0.3) is 0 Å². The highest BCUT2D eigenvalue weighted by atomic mass is 32.2. The topological polar surface area (TPSA) is 119 Å². The molecule has 8 nitrogen and oxygen atoms in total. The van der Waals surface area contributed by atoms with Crippen molar-refractivity contribution in [3.63, 3.8) is 0 Å². The molecule has 1 amide bonds. The third kappa shape index (κ3) is 2.77. The Bertz CT molecular complexity index is 675. The monoisotopic (exact) mass is 310 g/mol. The summed E-state index contributed by atoms with van der Waals surface area (Å²) in [5.74, 6) is -0.125. The zero-order valence-electron chi connectivity index (χ0n) is 11.5. The largest absolute Gasteiger partial charge is 0.374 e. The van der Waals surface area contributed by atoms with Crippen molar-refractivity contribution in [2.45, 2.75) is 23.8 Å². The minimum atomic E-state index is -2.35. The number of aliphatic imine (C=N–C) groups is 1. The molecule has 1 aliphatic heterocycles. The fourth-order valence-electron chi connectivity index (χ4n) is 2.10. The van der Waals surface area contributed by atoms with Crippen LogP contribution in [-0.2, 0) is 21.3 Å². The Kier molecular flexibility index (Phi) is 3.77. The maximum atomic E-state index is 11.9. The van der Waals surface area contributed by atoms with Gasteiger partial charge in [-0.25, -0.2) is 15.1 Å². The minimum Gasteiger partial charge on any atom is -0.369 e. The van der Waals surface area contributed by atoms with Gasteiger partial charge >= 0.3 is 11.0 Å². The predicted octanol–water partition coefficient (Wildman–Crippen LogP) is 0.378. The van der Waals surface area contributed by atoms with Crippen LogP contribution in [0, 0.1) is 10.1 Å². The number of nitrogens with zero attached hydrogens (tertiary/aromatic N) is 3. The van der Waals surface area contributed by atoms with Gasteiger partial charge in [-0.3, -0.25) is 9.69 Å². The van der Waals surface area contributed by atoms with Crippen molar-refractivity contribution >= 4 is 22.9 Å². The van der Waals surface area contributed by atoms with E-state index in [0.717, 1.165) is 0 Å². The number of carbonyl (C=O) groups excluding carboxylic acids is 1. The van der Waals surface area contributed by atoms with Crippen LogP contribution < -0.4 is 5.73 Å². The van der Waals surface area contributed by atoms with Crippen LogP contribution >= 0.6 is 0 Å². The van der Waals surface area contributed by atoms with Gasteiger partial charge in [0.15, 0.2) is 5.96 Å². The molecule has 1 heterocycles. The number of carbonyl (C=O) groups is 1. The van der Waals surface area contributed by atoms with E-state index in [1.165, 1.54) is 24.1 Å². The summed E-state index contributed by atoms with van der Waals surface area (Å²) >= 11 is 0.